The number of rotatable bonds is 4. The summed E-state index contributed by atoms with van der Waals surface area (Å²) in [4.78, 5) is 12.7. The number of aryl methyl sites for hydroxylation is 1. The molecule has 5 rings (SSSR count). The van der Waals surface area contributed by atoms with E-state index in [-0.39, 0.29) is 18.1 Å². The third-order valence-electron chi connectivity index (χ3n) is 5.65. The minimum absolute atomic E-state index is 0.156. The van der Waals surface area contributed by atoms with Gasteiger partial charge in [0.05, 0.1) is 17.7 Å². The van der Waals surface area contributed by atoms with Crippen LogP contribution in [0.4, 0.5) is 0 Å². The van der Waals surface area contributed by atoms with Crippen molar-refractivity contribution >= 4 is 5.91 Å². The third kappa shape index (κ3) is 3.42. The van der Waals surface area contributed by atoms with E-state index in [1.165, 1.54) is 12.8 Å². The summed E-state index contributed by atoms with van der Waals surface area (Å²) in [6.07, 6.45) is 5.55. The maximum absolute atomic E-state index is 12.7. The Morgan fingerprint density at radius 3 is 3.04 bits per heavy atom. The van der Waals surface area contributed by atoms with Crippen LogP contribution >= 0.6 is 0 Å². The fourth-order valence-electron chi connectivity index (χ4n) is 3.97. The van der Waals surface area contributed by atoms with Gasteiger partial charge < -0.3 is 14.8 Å². The molecule has 0 bridgehead atoms. The number of nitrogens with one attached hydrogen (secondary N) is 1. The lowest BCUT2D eigenvalue weighted by atomic mass is 10.0. The van der Waals surface area contributed by atoms with Gasteiger partial charge in [-0.2, -0.15) is 10.4 Å². The number of carbonyl (C=O) groups excluding carboxylic acids is 1. The number of carbonyl (C=O) groups is 1. The van der Waals surface area contributed by atoms with Gasteiger partial charge >= 0.3 is 0 Å². The standard InChI is InChI=1S/C21H22N4O3/c22-11-14-3-4-19-15(7-14)9-16(12-27-19)23-21(26)18-10-20-25(24-18)6-5-17(28-20)8-13-1-2-13/h3-4,7,10,13,16-17H,1-2,5-6,8-9,12H2,(H,23,26). The predicted octanol–water partition coefficient (Wildman–Crippen LogP) is 2.44. The van der Waals surface area contributed by atoms with Crippen LogP contribution in [0.25, 0.3) is 0 Å². The van der Waals surface area contributed by atoms with E-state index in [1.54, 1.807) is 16.8 Å². The van der Waals surface area contributed by atoms with Crippen molar-refractivity contribution in [1.29, 1.82) is 5.26 Å². The molecule has 3 aliphatic rings. The largest absolute Gasteiger partial charge is 0.491 e. The molecule has 3 heterocycles. The van der Waals surface area contributed by atoms with Crippen LogP contribution < -0.4 is 14.8 Å². The molecule has 2 unspecified atom stereocenters. The van der Waals surface area contributed by atoms with Gasteiger partial charge in [0.15, 0.2) is 5.69 Å². The van der Waals surface area contributed by atoms with Crippen LogP contribution in [0.2, 0.25) is 0 Å². The summed E-state index contributed by atoms with van der Waals surface area (Å²) in [7, 11) is 0. The molecule has 2 atom stereocenters. The first-order valence-corrected chi connectivity index (χ1v) is 9.89. The molecule has 0 radical (unpaired) electrons. The number of aromatic nitrogens is 2. The van der Waals surface area contributed by atoms with Crippen LogP contribution in [0.15, 0.2) is 24.3 Å². The predicted molar refractivity (Wildman–Crippen MR) is 100 cm³/mol. The second kappa shape index (κ2) is 6.86. The van der Waals surface area contributed by atoms with Crippen LogP contribution in [0.5, 0.6) is 11.6 Å². The number of nitrogens with zero attached hydrogens (tertiary/aromatic N) is 3. The molecule has 1 N–H and O–H groups in total. The van der Waals surface area contributed by atoms with Gasteiger partial charge in [-0.15, -0.1) is 0 Å². The lowest BCUT2D eigenvalue weighted by Gasteiger charge is -2.25. The van der Waals surface area contributed by atoms with Crippen molar-refractivity contribution in [3.05, 3.63) is 41.1 Å². The molecule has 0 spiro atoms. The number of hydrogen-bond donors (Lipinski definition) is 1. The molecule has 7 heteroatoms. The second-order valence-electron chi connectivity index (χ2n) is 7.92. The Kier molecular flexibility index (Phi) is 4.19. The van der Waals surface area contributed by atoms with Crippen LogP contribution in [0.3, 0.4) is 0 Å². The molecule has 28 heavy (non-hydrogen) atoms. The number of fused-ring (bicyclic) bond motifs is 2. The van der Waals surface area contributed by atoms with Crippen molar-refractivity contribution in [2.24, 2.45) is 5.92 Å². The van der Waals surface area contributed by atoms with Crippen molar-refractivity contribution in [3.63, 3.8) is 0 Å². The molecule has 7 nitrogen and oxygen atoms in total. The monoisotopic (exact) mass is 378 g/mol. The van der Waals surface area contributed by atoms with Crippen molar-refractivity contribution in [3.8, 4) is 17.7 Å². The van der Waals surface area contributed by atoms with Gasteiger partial charge in [0.25, 0.3) is 5.91 Å². The summed E-state index contributed by atoms with van der Waals surface area (Å²) in [6.45, 7) is 1.19. The molecule has 1 amide bonds. The molecular formula is C21H22N4O3. The summed E-state index contributed by atoms with van der Waals surface area (Å²) < 4.78 is 13.6. The average Bonchev–Trinajstić information content (AvgIpc) is 3.42. The topological polar surface area (TPSA) is 89.2 Å². The maximum atomic E-state index is 12.7. The molecule has 2 aromatic rings. The van der Waals surface area contributed by atoms with Gasteiger partial charge in [0.2, 0.25) is 5.88 Å². The maximum Gasteiger partial charge on any atom is 0.272 e. The van der Waals surface area contributed by atoms with Crippen molar-refractivity contribution < 1.29 is 14.3 Å². The molecular weight excluding hydrogens is 356 g/mol. The zero-order chi connectivity index (χ0) is 19.1. The Balaban J connectivity index is 1.24. The van der Waals surface area contributed by atoms with Gasteiger partial charge in [-0.3, -0.25) is 4.79 Å². The Hall–Kier alpha value is -3.01. The number of nitriles is 1. The first-order valence-electron chi connectivity index (χ1n) is 9.89. The number of ether oxygens (including phenoxy) is 2. The second-order valence-corrected chi connectivity index (χ2v) is 7.92. The Morgan fingerprint density at radius 2 is 2.21 bits per heavy atom. The van der Waals surface area contributed by atoms with E-state index in [0.717, 1.165) is 36.6 Å². The lowest BCUT2D eigenvalue weighted by molar-refractivity contribution is 0.0909. The number of benzene rings is 1. The van der Waals surface area contributed by atoms with Gasteiger partial charge in [-0.05, 0) is 42.5 Å². The number of amides is 1. The highest BCUT2D eigenvalue weighted by Gasteiger charge is 2.30. The molecule has 1 aromatic heterocycles. The average molecular weight is 378 g/mol. The minimum Gasteiger partial charge on any atom is -0.491 e. The highest BCUT2D eigenvalue weighted by atomic mass is 16.5. The van der Waals surface area contributed by atoms with Gasteiger partial charge in [-0.1, -0.05) is 12.8 Å². The fraction of sp³-hybridized carbons (Fsp3) is 0.476. The van der Waals surface area contributed by atoms with E-state index >= 15 is 0 Å². The first-order chi connectivity index (χ1) is 13.7. The summed E-state index contributed by atoms with van der Waals surface area (Å²) in [5, 5.41) is 16.5. The highest BCUT2D eigenvalue weighted by Crippen LogP contribution is 2.36. The smallest absolute Gasteiger partial charge is 0.272 e. The molecule has 1 aromatic carbocycles. The summed E-state index contributed by atoms with van der Waals surface area (Å²) in [6, 6.07) is 9.08. The van der Waals surface area contributed by atoms with Gasteiger partial charge in [-0.25, -0.2) is 4.68 Å². The molecule has 1 fully saturated rings. The quantitative estimate of drug-likeness (QED) is 0.883. The van der Waals surface area contributed by atoms with Crippen molar-refractivity contribution in [2.75, 3.05) is 6.61 Å². The van der Waals surface area contributed by atoms with Crippen LogP contribution in [-0.2, 0) is 13.0 Å². The first kappa shape index (κ1) is 17.1. The Bertz CT molecular complexity index is 957. The zero-order valence-corrected chi connectivity index (χ0v) is 15.6. The third-order valence-corrected chi connectivity index (χ3v) is 5.65. The van der Waals surface area contributed by atoms with Crippen LogP contribution in [0, 0.1) is 17.2 Å². The van der Waals surface area contributed by atoms with E-state index in [4.69, 9.17) is 14.7 Å². The Labute approximate surface area is 163 Å². The van der Waals surface area contributed by atoms with E-state index in [0.29, 0.717) is 30.2 Å². The van der Waals surface area contributed by atoms with Crippen LogP contribution in [0.1, 0.15) is 47.3 Å². The van der Waals surface area contributed by atoms with E-state index in [9.17, 15) is 4.79 Å². The molecule has 144 valence electrons. The zero-order valence-electron chi connectivity index (χ0n) is 15.6. The fourth-order valence-corrected chi connectivity index (χ4v) is 3.97. The van der Waals surface area contributed by atoms with Crippen molar-refractivity contribution in [1.82, 2.24) is 15.1 Å². The van der Waals surface area contributed by atoms with E-state index < -0.39 is 0 Å². The highest BCUT2D eigenvalue weighted by molar-refractivity contribution is 5.92. The summed E-state index contributed by atoms with van der Waals surface area (Å²) >= 11 is 0. The normalized spacial score (nSPS) is 22.8. The summed E-state index contributed by atoms with van der Waals surface area (Å²) in [5.41, 5.74) is 1.90. The van der Waals surface area contributed by atoms with Crippen molar-refractivity contribution in [2.45, 2.75) is 50.8 Å². The van der Waals surface area contributed by atoms with Crippen LogP contribution in [-0.4, -0.2) is 34.4 Å². The summed E-state index contributed by atoms with van der Waals surface area (Å²) in [5.74, 6) is 2.05. The molecule has 1 saturated carbocycles. The van der Waals surface area contributed by atoms with Gasteiger partial charge in [0, 0.05) is 19.0 Å². The molecule has 0 saturated heterocycles. The SMILES string of the molecule is N#Cc1ccc2c(c1)CC(NC(=O)c1cc3n(n1)CCC(CC1CC1)O3)CO2. The Morgan fingerprint density at radius 1 is 1.32 bits per heavy atom. The number of hydrogen-bond acceptors (Lipinski definition) is 5. The molecule has 1 aliphatic carbocycles. The lowest BCUT2D eigenvalue weighted by Crippen LogP contribution is -2.42. The van der Waals surface area contributed by atoms with E-state index in [1.807, 2.05) is 12.1 Å². The molecule has 2 aliphatic heterocycles. The van der Waals surface area contributed by atoms with E-state index in [2.05, 4.69) is 16.5 Å². The van der Waals surface area contributed by atoms with Gasteiger partial charge in [0.1, 0.15) is 18.5 Å². The minimum atomic E-state index is -0.224.